The van der Waals surface area contributed by atoms with Gasteiger partial charge in [-0.1, -0.05) is 143 Å². The maximum atomic E-state index is 12.3. The summed E-state index contributed by atoms with van der Waals surface area (Å²) in [6, 6.07) is 11.1. The van der Waals surface area contributed by atoms with Crippen LogP contribution in [0.5, 0.6) is 0 Å². The second-order valence-corrected chi connectivity index (χ2v) is 16.3. The van der Waals surface area contributed by atoms with Gasteiger partial charge in [0.15, 0.2) is 0 Å². The Hall–Kier alpha value is -2.88. The summed E-state index contributed by atoms with van der Waals surface area (Å²) in [5, 5.41) is 10.2. The summed E-state index contributed by atoms with van der Waals surface area (Å²) in [5.41, 5.74) is 15.1. The molecule has 1 saturated carbocycles. The highest BCUT2D eigenvalue weighted by atomic mass is 35.5. The van der Waals surface area contributed by atoms with E-state index in [1.54, 1.807) is 0 Å². The van der Waals surface area contributed by atoms with Crippen molar-refractivity contribution in [2.24, 2.45) is 11.8 Å². The quantitative estimate of drug-likeness (QED) is 0.0804. The van der Waals surface area contributed by atoms with Crippen molar-refractivity contribution in [3.8, 4) is 0 Å². The Bertz CT molecular complexity index is 1440. The maximum absolute atomic E-state index is 12.3. The van der Waals surface area contributed by atoms with E-state index in [0.717, 1.165) is 48.5 Å². The molecule has 0 saturated heterocycles. The molecule has 1 aliphatic carbocycles. The van der Waals surface area contributed by atoms with Crippen molar-refractivity contribution in [1.29, 1.82) is 0 Å². The van der Waals surface area contributed by atoms with E-state index >= 15 is 0 Å². The van der Waals surface area contributed by atoms with Crippen LogP contribution in [0.3, 0.4) is 0 Å². The van der Waals surface area contributed by atoms with Crippen LogP contribution in [0.1, 0.15) is 175 Å². The van der Waals surface area contributed by atoms with E-state index in [1.807, 2.05) is 33.0 Å². The van der Waals surface area contributed by atoms with E-state index in [0.29, 0.717) is 11.6 Å². The molecule has 2 aliphatic rings. The Balaban J connectivity index is 0.000000836. The first-order valence-corrected chi connectivity index (χ1v) is 23.4. The summed E-state index contributed by atoms with van der Waals surface area (Å²) in [6.45, 7) is 24.7. The number of anilines is 2. The molecule has 6 nitrogen and oxygen atoms in total. The van der Waals surface area contributed by atoms with E-state index < -0.39 is 17.4 Å². The molecule has 0 amide bonds. The van der Waals surface area contributed by atoms with E-state index in [4.69, 9.17) is 23.1 Å². The lowest BCUT2D eigenvalue weighted by Gasteiger charge is -2.32. The normalized spacial score (nSPS) is 15.3. The molecule has 1 unspecified atom stereocenters. The van der Waals surface area contributed by atoms with E-state index in [-0.39, 0.29) is 5.02 Å². The molecule has 1 fully saturated rings. The fraction of sp³-hybridized carbons (Fsp3) is 0.673. The van der Waals surface area contributed by atoms with Gasteiger partial charge in [-0.2, -0.15) is 13.2 Å². The number of unbranched alkanes of at least 4 members (excludes halogenated alkanes) is 1. The van der Waals surface area contributed by atoms with Crippen LogP contribution < -0.4 is 27.4 Å². The highest BCUT2D eigenvalue weighted by Crippen LogP contribution is 2.39. The molecule has 340 valence electrons. The first-order chi connectivity index (χ1) is 28.2. The molecule has 0 radical (unpaired) electrons. The minimum absolute atomic E-state index is 0.0627. The largest absolute Gasteiger partial charge is 0.418 e. The Kier molecular flexibility index (Phi) is 31.2. The maximum Gasteiger partial charge on any atom is 0.418 e. The lowest BCUT2D eigenvalue weighted by atomic mass is 9.86. The molecular formula is C49H86ClF3N6. The number of para-hydroxylation sites is 1. The number of benzene rings is 2. The van der Waals surface area contributed by atoms with Crippen LogP contribution in [-0.4, -0.2) is 37.6 Å². The fourth-order valence-electron chi connectivity index (χ4n) is 7.45. The summed E-state index contributed by atoms with van der Waals surface area (Å²) < 4.78 is 36.8. The van der Waals surface area contributed by atoms with Gasteiger partial charge in [0, 0.05) is 23.0 Å². The molecule has 1 aliphatic heterocycles. The van der Waals surface area contributed by atoms with Crippen molar-refractivity contribution in [2.45, 2.75) is 178 Å². The van der Waals surface area contributed by atoms with Crippen LogP contribution in [-0.2, 0) is 6.18 Å². The number of alkyl halides is 3. The van der Waals surface area contributed by atoms with Gasteiger partial charge in [0.05, 0.1) is 22.0 Å². The predicted octanol–water partition coefficient (Wildman–Crippen LogP) is 14.3. The Labute approximate surface area is 365 Å². The van der Waals surface area contributed by atoms with Gasteiger partial charge >= 0.3 is 6.18 Å². The standard InChI is InChI=1S/C22H35N3.C12H25N.C8H7ClF3N.C5H13N.C2H6/c1-5-9-14-17(12-6-2)25-20(8-4)22(24-21(25)13-7-3)18-15-10-11-16-19(18)23;1-2-10-13-11-6-9-12-7-4-3-5-8-12;1-4-2-5(8(10,11)12)7(13)6(9)3-4;1-5(2)4-6-3;1-2/h10-11,13,15-17,24H,5-9,12,14,23H2,1-4H3;12-13H,2-11H2,1H3;2-3H,13H2,1H3;5-6H,4H2,1-3H3;1-2H3/b21-13+;;;;. The van der Waals surface area contributed by atoms with Crippen molar-refractivity contribution in [2.75, 3.05) is 38.1 Å². The van der Waals surface area contributed by atoms with Crippen LogP contribution >= 0.6 is 11.6 Å². The highest BCUT2D eigenvalue weighted by Gasteiger charge is 2.34. The number of nitrogens with zero attached hydrogens (tertiary/aromatic N) is 1. The topological polar surface area (TPSA) is 91.4 Å². The van der Waals surface area contributed by atoms with E-state index in [1.165, 1.54) is 127 Å². The number of halogens is 4. The van der Waals surface area contributed by atoms with Crippen molar-refractivity contribution in [3.05, 3.63) is 75.7 Å². The minimum atomic E-state index is -4.44. The highest BCUT2D eigenvalue weighted by molar-refractivity contribution is 6.33. The van der Waals surface area contributed by atoms with Gasteiger partial charge < -0.3 is 32.3 Å². The molecule has 7 N–H and O–H groups in total. The fourth-order valence-corrected chi connectivity index (χ4v) is 7.72. The Morgan fingerprint density at radius 3 is 2.08 bits per heavy atom. The third-order valence-corrected chi connectivity index (χ3v) is 10.6. The average Bonchev–Trinajstić information content (AvgIpc) is 3.57. The molecule has 0 spiro atoms. The van der Waals surface area contributed by atoms with Crippen LogP contribution in [0, 0.1) is 18.8 Å². The van der Waals surface area contributed by atoms with Gasteiger partial charge in [0.25, 0.3) is 0 Å². The van der Waals surface area contributed by atoms with Gasteiger partial charge in [0.2, 0.25) is 0 Å². The van der Waals surface area contributed by atoms with Gasteiger partial charge in [-0.05, 0) is 120 Å². The average molecular weight is 852 g/mol. The third-order valence-electron chi connectivity index (χ3n) is 10.2. The SMILES string of the molecule is CC.CC/C=C1\NC(c2ccccc2N)=C(CC)N1C(CCC)CCCC.CCCNCCCC1CCCCC1.CNCC(C)C.Cc1cc(Cl)c(N)c(C(F)(F)F)c1. The van der Waals surface area contributed by atoms with E-state index in [2.05, 4.69) is 87.5 Å². The monoisotopic (exact) mass is 851 g/mol. The number of nitrogens with one attached hydrogen (secondary N) is 3. The summed E-state index contributed by atoms with van der Waals surface area (Å²) in [6.07, 6.45) is 17.7. The number of rotatable bonds is 17. The smallest absolute Gasteiger partial charge is 0.398 e. The van der Waals surface area contributed by atoms with Gasteiger partial charge in [-0.25, -0.2) is 0 Å². The van der Waals surface area contributed by atoms with Gasteiger partial charge in [0.1, 0.15) is 5.82 Å². The number of allylic oxidation sites excluding steroid dienone is 2. The third kappa shape index (κ3) is 22.0. The first kappa shape index (κ1) is 56.1. The second kappa shape index (κ2) is 32.8. The second-order valence-electron chi connectivity index (χ2n) is 15.9. The van der Waals surface area contributed by atoms with Crippen LogP contribution in [0.2, 0.25) is 5.02 Å². The number of nitrogen functional groups attached to an aromatic ring is 2. The molecule has 1 atom stereocenters. The molecule has 59 heavy (non-hydrogen) atoms. The molecule has 1 heterocycles. The van der Waals surface area contributed by atoms with Crippen molar-refractivity contribution in [1.82, 2.24) is 20.9 Å². The number of hydrogen-bond donors (Lipinski definition) is 5. The molecule has 0 aromatic heterocycles. The van der Waals surface area contributed by atoms with Crippen LogP contribution in [0.15, 0.2) is 54.0 Å². The van der Waals surface area contributed by atoms with Crippen molar-refractivity contribution in [3.63, 3.8) is 0 Å². The van der Waals surface area contributed by atoms with Crippen LogP contribution in [0.25, 0.3) is 5.70 Å². The zero-order valence-corrected chi connectivity index (χ0v) is 39.9. The zero-order chi connectivity index (χ0) is 44.8. The molecule has 0 bridgehead atoms. The Morgan fingerprint density at radius 1 is 0.915 bits per heavy atom. The predicted molar refractivity (Wildman–Crippen MR) is 254 cm³/mol. The van der Waals surface area contributed by atoms with Crippen LogP contribution in [0.4, 0.5) is 24.5 Å². The minimum Gasteiger partial charge on any atom is -0.398 e. The summed E-state index contributed by atoms with van der Waals surface area (Å²) >= 11 is 5.50. The molecule has 2 aromatic rings. The molecular weight excluding hydrogens is 765 g/mol. The zero-order valence-electron chi connectivity index (χ0n) is 39.1. The van der Waals surface area contributed by atoms with Gasteiger partial charge in [-0.3, -0.25) is 0 Å². The summed E-state index contributed by atoms with van der Waals surface area (Å²) in [4.78, 5) is 2.57. The van der Waals surface area contributed by atoms with E-state index in [9.17, 15) is 13.2 Å². The molecule has 2 aromatic carbocycles. The Morgan fingerprint density at radius 2 is 1.58 bits per heavy atom. The lowest BCUT2D eigenvalue weighted by molar-refractivity contribution is -0.136. The lowest BCUT2D eigenvalue weighted by Crippen LogP contribution is -2.33. The number of hydrogen-bond acceptors (Lipinski definition) is 6. The molecule has 4 rings (SSSR count). The summed E-state index contributed by atoms with van der Waals surface area (Å²) in [7, 11) is 1.97. The first-order valence-electron chi connectivity index (χ1n) is 23.0. The summed E-state index contributed by atoms with van der Waals surface area (Å²) in [5.74, 6) is 3.10. The molecule has 10 heteroatoms. The number of aryl methyl sites for hydroxylation is 1. The number of nitrogens with two attached hydrogens (primary N) is 2. The van der Waals surface area contributed by atoms with Crippen molar-refractivity contribution >= 4 is 28.7 Å². The van der Waals surface area contributed by atoms with Gasteiger partial charge in [-0.15, -0.1) is 0 Å². The van der Waals surface area contributed by atoms with Crippen molar-refractivity contribution < 1.29 is 13.2 Å².